The predicted octanol–water partition coefficient (Wildman–Crippen LogP) is 3.78. The van der Waals surface area contributed by atoms with Gasteiger partial charge in [-0.05, 0) is 5.56 Å². The van der Waals surface area contributed by atoms with Gasteiger partial charge in [-0.25, -0.2) is 13.2 Å². The molecular formula is C15H13F3N2. The van der Waals surface area contributed by atoms with Crippen LogP contribution in [-0.2, 0) is 6.54 Å². The number of hydrogen-bond acceptors (Lipinski definition) is 2. The van der Waals surface area contributed by atoms with E-state index in [1.54, 1.807) is 0 Å². The van der Waals surface area contributed by atoms with Crippen LogP contribution in [0.4, 0.5) is 18.9 Å². The highest BCUT2D eigenvalue weighted by Gasteiger charge is 2.09. The smallest absolute Gasteiger partial charge is 0.152 e. The number of halogens is 3. The molecule has 0 atom stereocenters. The van der Waals surface area contributed by atoms with Crippen molar-refractivity contribution in [1.29, 1.82) is 0 Å². The maximum Gasteiger partial charge on any atom is 0.152 e. The molecule has 2 N–H and O–H groups in total. The molecule has 0 bridgehead atoms. The van der Waals surface area contributed by atoms with Crippen LogP contribution in [0.25, 0.3) is 0 Å². The molecule has 0 amide bonds. The lowest BCUT2D eigenvalue weighted by molar-refractivity contribution is 0.549. The van der Waals surface area contributed by atoms with Gasteiger partial charge in [0.05, 0.1) is 0 Å². The monoisotopic (exact) mass is 278 g/mol. The van der Waals surface area contributed by atoms with E-state index in [4.69, 9.17) is 0 Å². The number of benzene rings is 2. The van der Waals surface area contributed by atoms with Crippen molar-refractivity contribution in [3.05, 3.63) is 77.9 Å². The second-order valence-corrected chi connectivity index (χ2v) is 4.09. The van der Waals surface area contributed by atoms with E-state index in [1.807, 2.05) is 30.3 Å². The van der Waals surface area contributed by atoms with Gasteiger partial charge in [-0.1, -0.05) is 30.3 Å². The van der Waals surface area contributed by atoms with Crippen molar-refractivity contribution in [3.63, 3.8) is 0 Å². The SMILES string of the molecule is Fc1cc(F)c(N/C=C/NCc2ccccc2)c(F)c1. The largest absolute Gasteiger partial charge is 0.386 e. The van der Waals surface area contributed by atoms with Crippen LogP contribution >= 0.6 is 0 Å². The van der Waals surface area contributed by atoms with E-state index < -0.39 is 17.5 Å². The molecule has 0 aliphatic carbocycles. The number of hydrogen-bond donors (Lipinski definition) is 2. The van der Waals surface area contributed by atoms with Gasteiger partial charge in [0.1, 0.15) is 11.5 Å². The van der Waals surface area contributed by atoms with Crippen molar-refractivity contribution in [3.8, 4) is 0 Å². The second-order valence-electron chi connectivity index (χ2n) is 4.09. The van der Waals surface area contributed by atoms with Gasteiger partial charge in [0.25, 0.3) is 0 Å². The summed E-state index contributed by atoms with van der Waals surface area (Å²) in [6, 6.07) is 10.9. The first kappa shape index (κ1) is 14.0. The number of rotatable bonds is 5. The lowest BCUT2D eigenvalue weighted by Crippen LogP contribution is -2.06. The van der Waals surface area contributed by atoms with Crippen LogP contribution in [0.3, 0.4) is 0 Å². The average Bonchev–Trinajstić information content (AvgIpc) is 2.42. The van der Waals surface area contributed by atoms with Crippen molar-refractivity contribution in [1.82, 2.24) is 5.32 Å². The van der Waals surface area contributed by atoms with E-state index in [0.717, 1.165) is 5.56 Å². The summed E-state index contributed by atoms with van der Waals surface area (Å²) in [4.78, 5) is 0. The van der Waals surface area contributed by atoms with Crippen molar-refractivity contribution >= 4 is 5.69 Å². The summed E-state index contributed by atoms with van der Waals surface area (Å²) < 4.78 is 39.3. The van der Waals surface area contributed by atoms with Crippen molar-refractivity contribution in [2.24, 2.45) is 0 Å². The van der Waals surface area contributed by atoms with Crippen LogP contribution in [0.15, 0.2) is 54.9 Å². The van der Waals surface area contributed by atoms with E-state index in [9.17, 15) is 13.2 Å². The van der Waals surface area contributed by atoms with Crippen molar-refractivity contribution in [2.45, 2.75) is 6.54 Å². The summed E-state index contributed by atoms with van der Waals surface area (Å²) >= 11 is 0. The number of anilines is 1. The first-order valence-electron chi connectivity index (χ1n) is 6.00. The molecular weight excluding hydrogens is 265 g/mol. The standard InChI is InChI=1S/C15H13F3N2/c16-12-8-13(17)15(14(18)9-12)20-7-6-19-10-11-4-2-1-3-5-11/h1-9,19-20H,10H2/b7-6+. The molecule has 0 fully saturated rings. The maximum absolute atomic E-state index is 13.3. The third kappa shape index (κ3) is 3.78. The Bertz CT molecular complexity index is 574. The van der Waals surface area contributed by atoms with Crippen LogP contribution in [-0.4, -0.2) is 0 Å². The Labute approximate surface area is 114 Å². The van der Waals surface area contributed by atoms with Crippen LogP contribution in [0.5, 0.6) is 0 Å². The normalized spacial score (nSPS) is 10.8. The maximum atomic E-state index is 13.3. The molecule has 0 saturated carbocycles. The van der Waals surface area contributed by atoms with Crippen LogP contribution in [0, 0.1) is 17.5 Å². The van der Waals surface area contributed by atoms with Gasteiger partial charge in [-0.2, -0.15) is 0 Å². The molecule has 0 spiro atoms. The topological polar surface area (TPSA) is 24.1 Å². The fourth-order valence-electron chi connectivity index (χ4n) is 1.64. The molecule has 2 rings (SSSR count). The molecule has 2 nitrogen and oxygen atoms in total. The summed E-state index contributed by atoms with van der Waals surface area (Å²) in [5.74, 6) is -2.90. The van der Waals surface area contributed by atoms with E-state index in [2.05, 4.69) is 10.6 Å². The summed E-state index contributed by atoms with van der Waals surface area (Å²) in [5, 5.41) is 5.40. The molecule has 0 unspecified atom stereocenters. The van der Waals surface area contributed by atoms with Crippen LogP contribution in [0.1, 0.15) is 5.56 Å². The minimum Gasteiger partial charge on any atom is -0.386 e. The summed E-state index contributed by atoms with van der Waals surface area (Å²) in [5.41, 5.74) is 0.695. The Balaban J connectivity index is 1.88. The zero-order valence-corrected chi connectivity index (χ0v) is 10.5. The average molecular weight is 278 g/mol. The first-order chi connectivity index (χ1) is 9.66. The van der Waals surface area contributed by atoms with Gasteiger partial charge in [0.2, 0.25) is 0 Å². The van der Waals surface area contributed by atoms with Gasteiger partial charge in [0, 0.05) is 31.1 Å². The molecule has 104 valence electrons. The Kier molecular flexibility index (Phi) is 4.65. The lowest BCUT2D eigenvalue weighted by atomic mass is 10.2. The minimum absolute atomic E-state index is 0.385. The van der Waals surface area contributed by atoms with E-state index >= 15 is 0 Å². The Morgan fingerprint density at radius 2 is 1.55 bits per heavy atom. The van der Waals surface area contributed by atoms with Gasteiger partial charge >= 0.3 is 0 Å². The number of nitrogens with one attached hydrogen (secondary N) is 2. The van der Waals surface area contributed by atoms with Crippen molar-refractivity contribution in [2.75, 3.05) is 5.32 Å². The van der Waals surface area contributed by atoms with Crippen LogP contribution < -0.4 is 10.6 Å². The molecule has 0 aromatic heterocycles. The highest BCUT2D eigenvalue weighted by atomic mass is 19.1. The molecule has 20 heavy (non-hydrogen) atoms. The summed E-state index contributed by atoms with van der Waals surface area (Å²) in [6.07, 6.45) is 2.87. The molecule has 0 aliphatic heterocycles. The van der Waals surface area contributed by atoms with Gasteiger partial charge < -0.3 is 10.6 Å². The first-order valence-corrected chi connectivity index (χ1v) is 6.00. The van der Waals surface area contributed by atoms with E-state index in [-0.39, 0.29) is 5.69 Å². The third-order valence-corrected chi connectivity index (χ3v) is 2.58. The molecule has 2 aromatic rings. The quantitative estimate of drug-likeness (QED) is 0.869. The predicted molar refractivity (Wildman–Crippen MR) is 72.4 cm³/mol. The molecule has 0 heterocycles. The minimum atomic E-state index is -0.977. The van der Waals surface area contributed by atoms with E-state index in [1.165, 1.54) is 12.4 Å². The zero-order valence-electron chi connectivity index (χ0n) is 10.5. The molecule has 0 radical (unpaired) electrons. The van der Waals surface area contributed by atoms with Gasteiger partial charge in [-0.15, -0.1) is 0 Å². The second kappa shape index (κ2) is 6.65. The summed E-state index contributed by atoms with van der Waals surface area (Å²) in [7, 11) is 0. The third-order valence-electron chi connectivity index (χ3n) is 2.58. The zero-order chi connectivity index (χ0) is 14.4. The highest BCUT2D eigenvalue weighted by Crippen LogP contribution is 2.19. The van der Waals surface area contributed by atoms with E-state index in [0.29, 0.717) is 18.7 Å². The highest BCUT2D eigenvalue weighted by molar-refractivity contribution is 5.48. The fraction of sp³-hybridized carbons (Fsp3) is 0.0667. The van der Waals surface area contributed by atoms with Crippen LogP contribution in [0.2, 0.25) is 0 Å². The molecule has 2 aromatic carbocycles. The molecule has 0 aliphatic rings. The fourth-order valence-corrected chi connectivity index (χ4v) is 1.64. The Morgan fingerprint density at radius 1 is 0.900 bits per heavy atom. The summed E-state index contributed by atoms with van der Waals surface area (Å²) in [6.45, 7) is 0.591. The van der Waals surface area contributed by atoms with Gasteiger partial charge in [0.15, 0.2) is 11.6 Å². The molecule has 0 saturated heterocycles. The van der Waals surface area contributed by atoms with Crippen molar-refractivity contribution < 1.29 is 13.2 Å². The lowest BCUT2D eigenvalue weighted by Gasteiger charge is -2.05. The Hall–Kier alpha value is -2.43. The molecule has 5 heteroatoms. The Morgan fingerprint density at radius 3 is 2.20 bits per heavy atom. The van der Waals surface area contributed by atoms with Gasteiger partial charge in [-0.3, -0.25) is 0 Å².